The number of carboxylic acids is 3. The number of rotatable bonds is 10. The molecule has 0 saturated carbocycles. The third-order valence-electron chi connectivity index (χ3n) is 6.60. The Kier molecular flexibility index (Phi) is 16.0. The molecular formula is C27H39N7O8S. The third kappa shape index (κ3) is 15.9. The quantitative estimate of drug-likeness (QED) is 0.152. The topological polar surface area (TPSA) is 195 Å². The van der Waals surface area contributed by atoms with E-state index < -0.39 is 31.0 Å². The van der Waals surface area contributed by atoms with E-state index in [0.29, 0.717) is 31.7 Å². The predicted octanol–water partition coefficient (Wildman–Crippen LogP) is -1.33. The number of aliphatic imine (C=N–C) groups is 1. The van der Waals surface area contributed by atoms with Gasteiger partial charge in [-0.25, -0.2) is 0 Å². The van der Waals surface area contributed by atoms with Crippen molar-refractivity contribution in [1.29, 1.82) is 0 Å². The molecule has 1 aromatic rings. The van der Waals surface area contributed by atoms with Crippen LogP contribution in [0.2, 0.25) is 0 Å². The first kappa shape index (κ1) is 35.4. The SMILES string of the molecule is O=C(O)CN1CCN(CC(=O)O)CC(=O)NCCN(CCc2ccc(N=C=S)cc2)CCNC(=O)CN(CC(=O)O)CC1. The molecule has 2 rings (SSSR count). The van der Waals surface area contributed by atoms with Gasteiger partial charge < -0.3 is 26.0 Å². The second-order valence-electron chi connectivity index (χ2n) is 10.0. The highest BCUT2D eigenvalue weighted by atomic mass is 32.1. The fraction of sp³-hybridized carbons (Fsp3) is 0.556. The van der Waals surface area contributed by atoms with Gasteiger partial charge in [0.25, 0.3) is 0 Å². The monoisotopic (exact) mass is 621 g/mol. The van der Waals surface area contributed by atoms with Crippen molar-refractivity contribution in [2.75, 3.05) is 91.6 Å². The molecular weight excluding hydrogens is 582 g/mol. The highest BCUT2D eigenvalue weighted by Crippen LogP contribution is 2.13. The Balaban J connectivity index is 2.15. The van der Waals surface area contributed by atoms with E-state index in [-0.39, 0.29) is 70.7 Å². The lowest BCUT2D eigenvalue weighted by atomic mass is 10.1. The van der Waals surface area contributed by atoms with E-state index in [2.05, 4.69) is 37.9 Å². The molecule has 1 aliphatic rings. The average Bonchev–Trinajstić information content (AvgIpc) is 2.92. The Hall–Kier alpha value is -3.79. The van der Waals surface area contributed by atoms with Crippen molar-refractivity contribution in [3.05, 3.63) is 29.8 Å². The van der Waals surface area contributed by atoms with E-state index in [9.17, 15) is 39.3 Å². The summed E-state index contributed by atoms with van der Waals surface area (Å²) >= 11 is 4.63. The first-order valence-corrected chi connectivity index (χ1v) is 14.2. The van der Waals surface area contributed by atoms with Gasteiger partial charge in [0.15, 0.2) is 0 Å². The van der Waals surface area contributed by atoms with Crippen molar-refractivity contribution in [3.63, 3.8) is 0 Å². The predicted molar refractivity (Wildman–Crippen MR) is 160 cm³/mol. The molecule has 0 spiro atoms. The zero-order valence-corrected chi connectivity index (χ0v) is 24.8. The summed E-state index contributed by atoms with van der Waals surface area (Å²) in [4.78, 5) is 70.0. The van der Waals surface area contributed by atoms with E-state index in [0.717, 1.165) is 5.56 Å². The largest absolute Gasteiger partial charge is 0.480 e. The van der Waals surface area contributed by atoms with Crippen LogP contribution in [0.25, 0.3) is 0 Å². The van der Waals surface area contributed by atoms with Crippen LogP contribution in [0.4, 0.5) is 5.69 Å². The summed E-state index contributed by atoms with van der Waals surface area (Å²) in [6, 6.07) is 7.54. The van der Waals surface area contributed by atoms with Crippen LogP contribution in [0.1, 0.15) is 5.56 Å². The number of thiocarbonyl (C=S) groups is 1. The summed E-state index contributed by atoms with van der Waals surface area (Å²) in [6.07, 6.45) is 0.690. The van der Waals surface area contributed by atoms with Crippen LogP contribution >= 0.6 is 12.2 Å². The maximum atomic E-state index is 12.7. The van der Waals surface area contributed by atoms with Gasteiger partial charge in [-0.2, -0.15) is 4.99 Å². The number of nitrogens with zero attached hydrogens (tertiary/aromatic N) is 5. The van der Waals surface area contributed by atoms with Gasteiger partial charge in [-0.3, -0.25) is 43.6 Å². The molecule has 1 aliphatic heterocycles. The van der Waals surface area contributed by atoms with Crippen LogP contribution in [-0.2, 0) is 30.4 Å². The molecule has 0 radical (unpaired) electrons. The maximum absolute atomic E-state index is 12.7. The lowest BCUT2D eigenvalue weighted by Gasteiger charge is -2.28. The number of carbonyl (C=O) groups excluding carboxylic acids is 2. The highest BCUT2D eigenvalue weighted by Gasteiger charge is 2.20. The van der Waals surface area contributed by atoms with E-state index in [1.807, 2.05) is 24.3 Å². The normalized spacial score (nSPS) is 18.0. The summed E-state index contributed by atoms with van der Waals surface area (Å²) < 4.78 is 0. The van der Waals surface area contributed by atoms with Gasteiger partial charge in [-0.05, 0) is 36.3 Å². The molecule has 236 valence electrons. The van der Waals surface area contributed by atoms with Crippen molar-refractivity contribution in [2.24, 2.45) is 4.99 Å². The second-order valence-corrected chi connectivity index (χ2v) is 10.2. The molecule has 43 heavy (non-hydrogen) atoms. The number of carboxylic acid groups (broad SMARTS) is 3. The van der Waals surface area contributed by atoms with Gasteiger partial charge in [0, 0.05) is 58.9 Å². The number of hydrogen-bond donors (Lipinski definition) is 5. The van der Waals surface area contributed by atoms with E-state index >= 15 is 0 Å². The number of isothiocyanates is 1. The third-order valence-corrected chi connectivity index (χ3v) is 6.70. The van der Waals surface area contributed by atoms with Crippen LogP contribution in [0, 0.1) is 0 Å². The average molecular weight is 622 g/mol. The molecule has 5 N–H and O–H groups in total. The van der Waals surface area contributed by atoms with E-state index in [4.69, 9.17) is 0 Å². The van der Waals surface area contributed by atoms with Crippen molar-refractivity contribution >= 4 is 52.8 Å². The van der Waals surface area contributed by atoms with Crippen molar-refractivity contribution < 1.29 is 39.3 Å². The molecule has 0 bridgehead atoms. The minimum Gasteiger partial charge on any atom is -0.480 e. The number of hydrogen-bond acceptors (Lipinski definition) is 11. The molecule has 1 aromatic carbocycles. The van der Waals surface area contributed by atoms with Gasteiger partial charge in [-0.15, -0.1) is 0 Å². The number of nitrogens with one attached hydrogen (secondary N) is 2. The van der Waals surface area contributed by atoms with Crippen LogP contribution in [-0.4, -0.2) is 161 Å². The summed E-state index contributed by atoms with van der Waals surface area (Å²) in [7, 11) is 0. The molecule has 16 heteroatoms. The summed E-state index contributed by atoms with van der Waals surface area (Å²) in [6.45, 7) is 0.951. The van der Waals surface area contributed by atoms with Crippen LogP contribution in [0.3, 0.4) is 0 Å². The first-order valence-electron chi connectivity index (χ1n) is 13.8. The van der Waals surface area contributed by atoms with Gasteiger partial charge >= 0.3 is 17.9 Å². The van der Waals surface area contributed by atoms with Crippen LogP contribution in [0.15, 0.2) is 29.3 Å². The minimum atomic E-state index is -1.13. The number of amides is 2. The van der Waals surface area contributed by atoms with Crippen LogP contribution < -0.4 is 10.6 Å². The number of benzene rings is 1. The first-order chi connectivity index (χ1) is 20.5. The van der Waals surface area contributed by atoms with Gasteiger partial charge in [-0.1, -0.05) is 12.1 Å². The zero-order chi connectivity index (χ0) is 31.6. The molecule has 0 atom stereocenters. The summed E-state index contributed by atoms with van der Waals surface area (Å²) in [5.74, 6) is -4.13. The van der Waals surface area contributed by atoms with E-state index in [1.54, 1.807) is 0 Å². The van der Waals surface area contributed by atoms with Gasteiger partial charge in [0.1, 0.15) is 0 Å². The molecule has 1 fully saturated rings. The molecule has 1 saturated heterocycles. The van der Waals surface area contributed by atoms with Crippen molar-refractivity contribution in [3.8, 4) is 0 Å². The van der Waals surface area contributed by atoms with Gasteiger partial charge in [0.2, 0.25) is 11.8 Å². The van der Waals surface area contributed by atoms with E-state index in [1.165, 1.54) is 14.7 Å². The lowest BCUT2D eigenvalue weighted by Crippen LogP contribution is -2.48. The number of aliphatic carboxylic acids is 3. The maximum Gasteiger partial charge on any atom is 0.317 e. The molecule has 1 heterocycles. The van der Waals surface area contributed by atoms with Crippen molar-refractivity contribution in [2.45, 2.75) is 6.42 Å². The van der Waals surface area contributed by atoms with Crippen molar-refractivity contribution in [1.82, 2.24) is 30.2 Å². The highest BCUT2D eigenvalue weighted by molar-refractivity contribution is 7.78. The Bertz CT molecular complexity index is 1100. The van der Waals surface area contributed by atoms with Gasteiger partial charge in [0.05, 0.1) is 43.6 Å². The molecule has 0 aromatic heterocycles. The fourth-order valence-electron chi connectivity index (χ4n) is 4.47. The Morgan fingerprint density at radius 2 is 1.16 bits per heavy atom. The standard InChI is InChI=1S/C27H39N7O8S/c35-23-15-33(18-26(39)40)13-11-32(17-25(37)38)12-14-34(19-27(41)42)16-24(36)29-7-10-31(9-6-28-23)8-5-21-1-3-22(4-2-21)30-20-43/h1-4H,5-19H2,(H,28,35)(H,29,36)(H,37,38)(H,39,40)(H,41,42). The Labute approximate surface area is 255 Å². The fourth-order valence-corrected chi connectivity index (χ4v) is 4.58. The molecule has 0 aliphatic carbocycles. The Morgan fingerprint density at radius 3 is 1.60 bits per heavy atom. The molecule has 2 amide bonds. The zero-order valence-electron chi connectivity index (χ0n) is 23.9. The number of carbonyl (C=O) groups is 5. The minimum absolute atomic E-state index is 0.0904. The second kappa shape index (κ2) is 19.4. The van der Waals surface area contributed by atoms with Crippen LogP contribution in [0.5, 0.6) is 0 Å². The summed E-state index contributed by atoms with van der Waals surface area (Å²) in [5.41, 5.74) is 1.76. The molecule has 15 nitrogen and oxygen atoms in total. The molecule has 0 unspecified atom stereocenters. The smallest absolute Gasteiger partial charge is 0.317 e. The summed E-state index contributed by atoms with van der Waals surface area (Å²) in [5, 5.41) is 35.9. The Morgan fingerprint density at radius 1 is 0.721 bits per heavy atom. The lowest BCUT2D eigenvalue weighted by molar-refractivity contribution is -0.141.